The zero-order valence-electron chi connectivity index (χ0n) is 21.7. The molecule has 3 nitrogen and oxygen atoms in total. The Bertz CT molecular complexity index is 1360. The number of halogens is 5. The second-order valence-electron chi connectivity index (χ2n) is 11.3. The number of fused-ring (bicyclic) bond motifs is 2. The van der Waals surface area contributed by atoms with E-state index >= 15 is 0 Å². The van der Waals surface area contributed by atoms with E-state index in [4.69, 9.17) is 83.4 Å². The van der Waals surface area contributed by atoms with E-state index in [1.165, 1.54) is 5.56 Å². The molecular formula is C28H28Cl5O3PS. The van der Waals surface area contributed by atoms with Gasteiger partial charge in [0.25, 0.3) is 0 Å². The van der Waals surface area contributed by atoms with Crippen LogP contribution in [0, 0.1) is 0 Å². The van der Waals surface area contributed by atoms with Crippen LogP contribution in [-0.4, -0.2) is 3.79 Å². The van der Waals surface area contributed by atoms with Crippen molar-refractivity contribution in [3.63, 3.8) is 0 Å². The van der Waals surface area contributed by atoms with Crippen molar-refractivity contribution in [2.24, 2.45) is 0 Å². The first kappa shape index (κ1) is 30.1. The number of hydrogen-bond donors (Lipinski definition) is 0. The first-order valence-electron chi connectivity index (χ1n) is 11.9. The molecule has 3 aromatic rings. The molecule has 204 valence electrons. The molecule has 0 saturated carbocycles. The van der Waals surface area contributed by atoms with Crippen LogP contribution in [0.25, 0.3) is 0 Å². The minimum absolute atomic E-state index is 0.0465. The zero-order valence-corrected chi connectivity index (χ0v) is 27.2. The van der Waals surface area contributed by atoms with Gasteiger partial charge in [0.05, 0.1) is 5.92 Å². The second kappa shape index (κ2) is 10.5. The van der Waals surface area contributed by atoms with Gasteiger partial charge in [-0.3, -0.25) is 0 Å². The minimum Gasteiger partial charge on any atom is -0.407 e. The molecule has 0 unspecified atom stereocenters. The molecule has 4 rings (SSSR count). The van der Waals surface area contributed by atoms with Crippen molar-refractivity contribution < 1.29 is 13.6 Å². The fraction of sp³-hybridized carbons (Fsp3) is 0.357. The maximum absolute atomic E-state index is 6.52. The maximum Gasteiger partial charge on any atom is 0.490 e. The second-order valence-corrected chi connectivity index (χ2v) is 17.3. The summed E-state index contributed by atoms with van der Waals surface area (Å²) in [6, 6.07) is 16.2. The summed E-state index contributed by atoms with van der Waals surface area (Å²) in [4.78, 5) is 0. The Morgan fingerprint density at radius 2 is 1.24 bits per heavy atom. The maximum atomic E-state index is 6.52. The number of benzene rings is 3. The fourth-order valence-corrected chi connectivity index (χ4v) is 7.37. The Balaban J connectivity index is 1.91. The molecular weight excluding hydrogens is 625 g/mol. The highest BCUT2D eigenvalue weighted by Gasteiger charge is 2.43. The van der Waals surface area contributed by atoms with Gasteiger partial charge in [-0.05, 0) is 58.9 Å². The molecule has 1 aliphatic rings. The van der Waals surface area contributed by atoms with Gasteiger partial charge >= 0.3 is 6.72 Å². The smallest absolute Gasteiger partial charge is 0.407 e. The van der Waals surface area contributed by atoms with Gasteiger partial charge in [0.1, 0.15) is 17.2 Å². The summed E-state index contributed by atoms with van der Waals surface area (Å²) in [7, 11) is 0. The average molecular weight is 653 g/mol. The normalized spacial score (nSPS) is 19.8. The first-order chi connectivity index (χ1) is 17.4. The lowest BCUT2D eigenvalue weighted by molar-refractivity contribution is 0.369. The highest BCUT2D eigenvalue weighted by Crippen LogP contribution is 2.60. The standard InChI is InChI=1S/C28H28Cl5O3PS/c1-26(2,3)16-7-10-24(21(13-16)27(4,5)6)36-37(38)34-22-11-8-17(29)14-19(22)25(28(31,32)33)20-15-18(30)9-12-23(20)35-37/h7-15,25H,1-6H3. The van der Waals surface area contributed by atoms with Crippen molar-refractivity contribution in [3.05, 3.63) is 86.9 Å². The molecule has 0 aromatic heterocycles. The molecule has 3 aromatic carbocycles. The molecule has 0 bridgehead atoms. The Morgan fingerprint density at radius 1 is 0.737 bits per heavy atom. The monoisotopic (exact) mass is 650 g/mol. The molecule has 0 aliphatic carbocycles. The molecule has 1 aliphatic heterocycles. The molecule has 0 spiro atoms. The Labute approximate surface area is 254 Å². The predicted octanol–water partition coefficient (Wildman–Crippen LogP) is 11.2. The summed E-state index contributed by atoms with van der Waals surface area (Å²) in [5.41, 5.74) is 2.93. The summed E-state index contributed by atoms with van der Waals surface area (Å²) in [5, 5.41) is 0.886. The van der Waals surface area contributed by atoms with E-state index in [1.54, 1.807) is 36.4 Å². The number of alkyl halides is 3. The minimum atomic E-state index is -3.51. The molecule has 0 fully saturated rings. The van der Waals surface area contributed by atoms with Crippen molar-refractivity contribution in [2.75, 3.05) is 0 Å². The lowest BCUT2D eigenvalue weighted by Crippen LogP contribution is -2.23. The Hall–Kier alpha value is -0.840. The molecule has 0 N–H and O–H groups in total. The lowest BCUT2D eigenvalue weighted by Gasteiger charge is -2.35. The van der Waals surface area contributed by atoms with E-state index < -0.39 is 16.4 Å². The van der Waals surface area contributed by atoms with Crippen molar-refractivity contribution in [1.29, 1.82) is 0 Å². The Kier molecular flexibility index (Phi) is 8.35. The summed E-state index contributed by atoms with van der Waals surface area (Å²) < 4.78 is 17.5. The highest BCUT2D eigenvalue weighted by atomic mass is 35.6. The van der Waals surface area contributed by atoms with Crippen LogP contribution in [0.2, 0.25) is 10.0 Å². The van der Waals surface area contributed by atoms with Crippen molar-refractivity contribution in [2.45, 2.75) is 62.1 Å². The summed E-state index contributed by atoms with van der Waals surface area (Å²) in [6.45, 7) is 9.36. The topological polar surface area (TPSA) is 27.7 Å². The van der Waals surface area contributed by atoms with Gasteiger partial charge in [-0.1, -0.05) is 112 Å². The van der Waals surface area contributed by atoms with Crippen LogP contribution >= 0.6 is 64.7 Å². The fourth-order valence-electron chi connectivity index (χ4n) is 4.26. The molecule has 0 saturated heterocycles. The quantitative estimate of drug-likeness (QED) is 0.203. The average Bonchev–Trinajstić information content (AvgIpc) is 2.74. The molecule has 0 radical (unpaired) electrons. The number of hydrogen-bond acceptors (Lipinski definition) is 4. The van der Waals surface area contributed by atoms with E-state index in [2.05, 4.69) is 47.6 Å². The van der Waals surface area contributed by atoms with Crippen LogP contribution in [0.1, 0.15) is 69.7 Å². The van der Waals surface area contributed by atoms with Gasteiger partial charge in [-0.2, -0.15) is 0 Å². The van der Waals surface area contributed by atoms with Crippen molar-refractivity contribution in [3.8, 4) is 17.2 Å². The van der Waals surface area contributed by atoms with Crippen LogP contribution in [0.5, 0.6) is 17.2 Å². The van der Waals surface area contributed by atoms with E-state index in [0.717, 1.165) is 5.56 Å². The molecule has 38 heavy (non-hydrogen) atoms. The van der Waals surface area contributed by atoms with Gasteiger partial charge in [-0.25, -0.2) is 0 Å². The molecule has 1 heterocycles. The zero-order chi connectivity index (χ0) is 28.3. The summed E-state index contributed by atoms with van der Waals surface area (Å²) in [5.74, 6) is 0.472. The van der Waals surface area contributed by atoms with Crippen LogP contribution in [0.3, 0.4) is 0 Å². The van der Waals surface area contributed by atoms with E-state index in [9.17, 15) is 0 Å². The van der Waals surface area contributed by atoms with E-state index in [1.807, 2.05) is 12.1 Å². The molecule has 0 atom stereocenters. The van der Waals surface area contributed by atoms with Crippen LogP contribution in [-0.2, 0) is 22.6 Å². The first-order valence-corrected chi connectivity index (χ1v) is 16.3. The van der Waals surface area contributed by atoms with E-state index in [0.29, 0.717) is 38.4 Å². The lowest BCUT2D eigenvalue weighted by atomic mass is 9.80. The SMILES string of the molecule is CC(C)(C)c1ccc(OP2(=S)Oc3ccc(Cl)cc3C(C(Cl)(Cl)Cl)c3cc(Cl)ccc3O2)c(C(C)(C)C)c1. The van der Waals surface area contributed by atoms with Crippen LogP contribution in [0.15, 0.2) is 54.6 Å². The van der Waals surface area contributed by atoms with Gasteiger partial charge in [0.15, 0.2) is 0 Å². The van der Waals surface area contributed by atoms with Gasteiger partial charge in [0, 0.05) is 38.5 Å². The van der Waals surface area contributed by atoms with Crippen molar-refractivity contribution in [1.82, 2.24) is 0 Å². The third-order valence-corrected chi connectivity index (χ3v) is 9.23. The molecule has 10 heteroatoms. The van der Waals surface area contributed by atoms with Crippen LogP contribution in [0.4, 0.5) is 0 Å². The predicted molar refractivity (Wildman–Crippen MR) is 165 cm³/mol. The van der Waals surface area contributed by atoms with Crippen LogP contribution < -0.4 is 13.6 Å². The van der Waals surface area contributed by atoms with E-state index in [-0.39, 0.29) is 10.8 Å². The van der Waals surface area contributed by atoms with Gasteiger partial charge < -0.3 is 13.6 Å². The summed E-state index contributed by atoms with van der Waals surface area (Å²) in [6.07, 6.45) is 0. The largest absolute Gasteiger partial charge is 0.490 e. The molecule has 0 amide bonds. The highest BCUT2D eigenvalue weighted by molar-refractivity contribution is 8.08. The third kappa shape index (κ3) is 6.55. The number of rotatable bonds is 2. The Morgan fingerprint density at radius 3 is 1.66 bits per heavy atom. The summed E-state index contributed by atoms with van der Waals surface area (Å²) >= 11 is 38.3. The third-order valence-electron chi connectivity index (χ3n) is 6.18. The van der Waals surface area contributed by atoms with Gasteiger partial charge in [-0.15, -0.1) is 0 Å². The van der Waals surface area contributed by atoms with Gasteiger partial charge in [0.2, 0.25) is 3.79 Å². The van der Waals surface area contributed by atoms with Crippen molar-refractivity contribution >= 4 is 76.5 Å².